The van der Waals surface area contributed by atoms with Gasteiger partial charge in [0.2, 0.25) is 5.91 Å². The first kappa shape index (κ1) is 15.3. The van der Waals surface area contributed by atoms with Gasteiger partial charge in [-0.25, -0.2) is 0 Å². The van der Waals surface area contributed by atoms with Crippen molar-refractivity contribution in [2.24, 2.45) is 11.7 Å². The molecule has 1 unspecified atom stereocenters. The van der Waals surface area contributed by atoms with E-state index in [2.05, 4.69) is 5.32 Å². The van der Waals surface area contributed by atoms with Crippen LogP contribution in [0.15, 0.2) is 0 Å². The number of nitrogens with one attached hydrogen (secondary N) is 1. The molecule has 0 aromatic rings. The minimum atomic E-state index is 0.0427. The number of hydrogen-bond donors (Lipinski definition) is 3. The zero-order valence-corrected chi connectivity index (χ0v) is 10.1. The Morgan fingerprint density at radius 2 is 2.25 bits per heavy atom. The Hall–Kier alpha value is -0.650. The summed E-state index contributed by atoms with van der Waals surface area (Å²) >= 11 is 0. The second-order valence-electron chi connectivity index (χ2n) is 3.75. The van der Waals surface area contributed by atoms with Crippen molar-refractivity contribution in [2.75, 3.05) is 32.9 Å². The molecule has 16 heavy (non-hydrogen) atoms. The number of aliphatic hydroxyl groups is 1. The number of ether oxygens (including phenoxy) is 1. The van der Waals surface area contributed by atoms with Crippen molar-refractivity contribution in [1.82, 2.24) is 5.32 Å². The summed E-state index contributed by atoms with van der Waals surface area (Å²) in [6.45, 7) is 4.18. The molecule has 0 radical (unpaired) electrons. The Balaban J connectivity index is 3.36. The number of nitrogens with two attached hydrogens (primary N) is 1. The standard InChI is InChI=1S/C11H24N2O3/c1-2-10(9-12)8-11(15)13-4-3-6-16-7-5-14/h10,14H,2-9,12H2,1H3,(H,13,15). The van der Waals surface area contributed by atoms with Crippen molar-refractivity contribution in [1.29, 1.82) is 0 Å². The van der Waals surface area contributed by atoms with Gasteiger partial charge >= 0.3 is 0 Å². The van der Waals surface area contributed by atoms with Crippen LogP contribution in [0.25, 0.3) is 0 Å². The van der Waals surface area contributed by atoms with E-state index in [0.29, 0.717) is 32.7 Å². The van der Waals surface area contributed by atoms with E-state index in [9.17, 15) is 4.79 Å². The van der Waals surface area contributed by atoms with Crippen molar-refractivity contribution < 1.29 is 14.6 Å². The molecule has 5 nitrogen and oxygen atoms in total. The molecule has 1 amide bonds. The second-order valence-corrected chi connectivity index (χ2v) is 3.75. The number of amides is 1. The van der Waals surface area contributed by atoms with Crippen molar-refractivity contribution in [3.63, 3.8) is 0 Å². The normalized spacial score (nSPS) is 12.4. The smallest absolute Gasteiger partial charge is 0.220 e. The third-order valence-corrected chi connectivity index (χ3v) is 2.41. The molecule has 0 bridgehead atoms. The minimum Gasteiger partial charge on any atom is -0.394 e. The first-order valence-corrected chi connectivity index (χ1v) is 5.89. The number of hydrogen-bond acceptors (Lipinski definition) is 4. The Labute approximate surface area is 97.3 Å². The van der Waals surface area contributed by atoms with Crippen LogP contribution in [0.4, 0.5) is 0 Å². The Morgan fingerprint density at radius 3 is 2.81 bits per heavy atom. The third kappa shape index (κ3) is 8.64. The van der Waals surface area contributed by atoms with E-state index in [-0.39, 0.29) is 18.4 Å². The third-order valence-electron chi connectivity index (χ3n) is 2.41. The first-order chi connectivity index (χ1) is 7.74. The minimum absolute atomic E-state index is 0.0427. The zero-order chi connectivity index (χ0) is 12.2. The molecule has 0 spiro atoms. The molecule has 0 aliphatic carbocycles. The summed E-state index contributed by atoms with van der Waals surface area (Å²) in [6.07, 6.45) is 2.21. The quantitative estimate of drug-likeness (QED) is 0.458. The van der Waals surface area contributed by atoms with Crippen molar-refractivity contribution in [3.05, 3.63) is 0 Å². The molecule has 0 aromatic carbocycles. The number of aliphatic hydroxyl groups excluding tert-OH is 1. The lowest BCUT2D eigenvalue weighted by Crippen LogP contribution is -2.29. The Kier molecular flexibility index (Phi) is 10.4. The zero-order valence-electron chi connectivity index (χ0n) is 10.1. The highest BCUT2D eigenvalue weighted by Crippen LogP contribution is 2.04. The lowest BCUT2D eigenvalue weighted by atomic mass is 10.0. The molecular formula is C11H24N2O3. The Bertz CT molecular complexity index is 173. The molecule has 0 saturated heterocycles. The molecule has 96 valence electrons. The summed E-state index contributed by atoms with van der Waals surface area (Å²) in [7, 11) is 0. The molecule has 4 N–H and O–H groups in total. The molecule has 0 heterocycles. The van der Waals surface area contributed by atoms with Crippen LogP contribution in [0.1, 0.15) is 26.2 Å². The van der Waals surface area contributed by atoms with Gasteiger partial charge in [-0.05, 0) is 18.9 Å². The van der Waals surface area contributed by atoms with Crippen LogP contribution >= 0.6 is 0 Å². The second kappa shape index (κ2) is 10.9. The van der Waals surface area contributed by atoms with Gasteiger partial charge in [0.05, 0.1) is 13.2 Å². The summed E-state index contributed by atoms with van der Waals surface area (Å²) in [4.78, 5) is 11.4. The van der Waals surface area contributed by atoms with Gasteiger partial charge in [0.1, 0.15) is 0 Å². The topological polar surface area (TPSA) is 84.6 Å². The van der Waals surface area contributed by atoms with E-state index in [4.69, 9.17) is 15.6 Å². The maximum Gasteiger partial charge on any atom is 0.220 e. The van der Waals surface area contributed by atoms with Gasteiger partial charge in [-0.1, -0.05) is 13.3 Å². The molecule has 0 saturated carbocycles. The predicted octanol–water partition coefficient (Wildman–Crippen LogP) is -0.123. The van der Waals surface area contributed by atoms with Crippen molar-refractivity contribution >= 4 is 5.91 Å². The van der Waals surface area contributed by atoms with Crippen molar-refractivity contribution in [2.45, 2.75) is 26.2 Å². The van der Waals surface area contributed by atoms with Gasteiger partial charge in [0.15, 0.2) is 0 Å². The maximum atomic E-state index is 11.4. The van der Waals surface area contributed by atoms with E-state index >= 15 is 0 Å². The predicted molar refractivity (Wildman–Crippen MR) is 63.0 cm³/mol. The van der Waals surface area contributed by atoms with Crippen LogP contribution in [0, 0.1) is 5.92 Å². The van der Waals surface area contributed by atoms with Gasteiger partial charge in [-0.15, -0.1) is 0 Å². The van der Waals surface area contributed by atoms with Crippen LogP contribution in [-0.2, 0) is 9.53 Å². The summed E-state index contributed by atoms with van der Waals surface area (Å²) in [6, 6.07) is 0. The maximum absolute atomic E-state index is 11.4. The monoisotopic (exact) mass is 232 g/mol. The van der Waals surface area contributed by atoms with Crippen LogP contribution in [0.5, 0.6) is 0 Å². The summed E-state index contributed by atoms with van der Waals surface area (Å²) in [5.41, 5.74) is 5.52. The molecule has 0 aliphatic rings. The molecule has 1 atom stereocenters. The first-order valence-electron chi connectivity index (χ1n) is 5.89. The highest BCUT2D eigenvalue weighted by molar-refractivity contribution is 5.76. The summed E-state index contributed by atoms with van der Waals surface area (Å²) < 4.78 is 5.07. The van der Waals surface area contributed by atoms with E-state index < -0.39 is 0 Å². The van der Waals surface area contributed by atoms with E-state index in [1.165, 1.54) is 0 Å². The average Bonchev–Trinajstić information content (AvgIpc) is 2.30. The van der Waals surface area contributed by atoms with Gasteiger partial charge < -0.3 is 20.9 Å². The highest BCUT2D eigenvalue weighted by Gasteiger charge is 2.09. The molecule has 0 fully saturated rings. The van der Waals surface area contributed by atoms with Crippen LogP contribution < -0.4 is 11.1 Å². The highest BCUT2D eigenvalue weighted by atomic mass is 16.5. The lowest BCUT2D eigenvalue weighted by Gasteiger charge is -2.11. The fraction of sp³-hybridized carbons (Fsp3) is 0.909. The van der Waals surface area contributed by atoms with Gasteiger partial charge in [0, 0.05) is 19.6 Å². The van der Waals surface area contributed by atoms with E-state index in [1.807, 2.05) is 6.92 Å². The molecular weight excluding hydrogens is 208 g/mol. The molecule has 0 rings (SSSR count). The van der Waals surface area contributed by atoms with Crippen LogP contribution in [-0.4, -0.2) is 43.9 Å². The van der Waals surface area contributed by atoms with Gasteiger partial charge in [0.25, 0.3) is 0 Å². The average molecular weight is 232 g/mol. The fourth-order valence-electron chi connectivity index (χ4n) is 1.30. The fourth-order valence-corrected chi connectivity index (χ4v) is 1.30. The summed E-state index contributed by atoms with van der Waals surface area (Å²) in [5, 5.41) is 11.3. The molecule has 0 aliphatic heterocycles. The largest absolute Gasteiger partial charge is 0.394 e. The van der Waals surface area contributed by atoms with Crippen molar-refractivity contribution in [3.8, 4) is 0 Å². The molecule has 5 heteroatoms. The number of carbonyl (C=O) groups is 1. The van der Waals surface area contributed by atoms with Crippen LogP contribution in [0.2, 0.25) is 0 Å². The summed E-state index contributed by atoms with van der Waals surface area (Å²) in [5.74, 6) is 0.338. The van der Waals surface area contributed by atoms with Gasteiger partial charge in [-0.2, -0.15) is 0 Å². The van der Waals surface area contributed by atoms with E-state index in [1.54, 1.807) is 0 Å². The Morgan fingerprint density at radius 1 is 1.50 bits per heavy atom. The van der Waals surface area contributed by atoms with Gasteiger partial charge in [-0.3, -0.25) is 4.79 Å². The number of rotatable bonds is 10. The SMILES string of the molecule is CCC(CN)CC(=O)NCCCOCCO. The molecule has 0 aromatic heterocycles. The van der Waals surface area contributed by atoms with E-state index in [0.717, 1.165) is 12.8 Å². The van der Waals surface area contributed by atoms with Crippen LogP contribution in [0.3, 0.4) is 0 Å². The lowest BCUT2D eigenvalue weighted by molar-refractivity contribution is -0.122. The number of carbonyl (C=O) groups excluding carboxylic acids is 1.